The second-order valence-corrected chi connectivity index (χ2v) is 7.81. The first-order valence-corrected chi connectivity index (χ1v) is 9.70. The Morgan fingerprint density at radius 1 is 1.29 bits per heavy atom. The van der Waals surface area contributed by atoms with E-state index in [1.165, 1.54) is 6.20 Å². The van der Waals surface area contributed by atoms with E-state index < -0.39 is 12.8 Å². The number of amides is 2. The van der Waals surface area contributed by atoms with Crippen LogP contribution >= 0.6 is 0 Å². The molecule has 1 aliphatic rings. The first kappa shape index (κ1) is 22.5. The minimum Gasteiger partial charge on any atom is -0.468 e. The van der Waals surface area contributed by atoms with E-state index in [1.54, 1.807) is 44.7 Å². The zero-order valence-corrected chi connectivity index (χ0v) is 17.6. The summed E-state index contributed by atoms with van der Waals surface area (Å²) >= 11 is 0. The lowest BCUT2D eigenvalue weighted by atomic mass is 10.1. The van der Waals surface area contributed by atoms with E-state index in [1.807, 2.05) is 0 Å². The fourth-order valence-corrected chi connectivity index (χ4v) is 3.20. The molecule has 2 amide bonds. The third-order valence-corrected chi connectivity index (χ3v) is 4.72. The number of carbonyl (C=O) groups is 2. The SMILES string of the molecule is Cc1cc2c(c(NC(=O)C(C)C)n1)CN(Cc1cnc(OCC(F)(F)F)c(C)c1)C2=O. The van der Waals surface area contributed by atoms with Gasteiger partial charge in [-0.1, -0.05) is 13.8 Å². The van der Waals surface area contributed by atoms with Crippen LogP contribution in [0.1, 0.15) is 46.6 Å². The predicted molar refractivity (Wildman–Crippen MR) is 107 cm³/mol. The molecule has 0 unspecified atom stereocenters. The molecule has 0 fully saturated rings. The first-order chi connectivity index (χ1) is 14.4. The largest absolute Gasteiger partial charge is 0.468 e. The van der Waals surface area contributed by atoms with Crippen LogP contribution in [0.2, 0.25) is 0 Å². The van der Waals surface area contributed by atoms with E-state index in [4.69, 9.17) is 4.74 Å². The second-order valence-electron chi connectivity index (χ2n) is 7.81. The molecular formula is C21H23F3N4O3. The number of fused-ring (bicyclic) bond motifs is 1. The van der Waals surface area contributed by atoms with Crippen molar-refractivity contribution in [2.24, 2.45) is 5.92 Å². The molecule has 2 aromatic rings. The zero-order valence-electron chi connectivity index (χ0n) is 17.6. The van der Waals surface area contributed by atoms with Gasteiger partial charge in [-0.25, -0.2) is 9.97 Å². The van der Waals surface area contributed by atoms with Crippen LogP contribution in [0.25, 0.3) is 0 Å². The summed E-state index contributed by atoms with van der Waals surface area (Å²) in [6.07, 6.45) is -3.06. The molecule has 3 rings (SSSR count). The van der Waals surface area contributed by atoms with Crippen molar-refractivity contribution in [3.8, 4) is 5.88 Å². The van der Waals surface area contributed by atoms with E-state index in [9.17, 15) is 22.8 Å². The highest BCUT2D eigenvalue weighted by molar-refractivity contribution is 6.01. The number of pyridine rings is 2. The summed E-state index contributed by atoms with van der Waals surface area (Å²) in [6, 6.07) is 3.32. The number of rotatable bonds is 6. The summed E-state index contributed by atoms with van der Waals surface area (Å²) in [4.78, 5) is 34.9. The summed E-state index contributed by atoms with van der Waals surface area (Å²) in [5, 5.41) is 2.78. The van der Waals surface area contributed by atoms with Crippen LogP contribution in [-0.2, 0) is 17.9 Å². The maximum atomic E-state index is 12.9. The quantitative estimate of drug-likeness (QED) is 0.745. The van der Waals surface area contributed by atoms with Crippen molar-refractivity contribution in [1.82, 2.24) is 14.9 Å². The molecule has 0 atom stereocenters. The van der Waals surface area contributed by atoms with Gasteiger partial charge >= 0.3 is 6.18 Å². The first-order valence-electron chi connectivity index (χ1n) is 9.70. The van der Waals surface area contributed by atoms with E-state index in [0.717, 1.165) is 0 Å². The molecule has 0 aliphatic carbocycles. The minimum atomic E-state index is -4.45. The molecular weight excluding hydrogens is 413 g/mol. The van der Waals surface area contributed by atoms with Crippen molar-refractivity contribution in [3.63, 3.8) is 0 Å². The standard InChI is InChI=1S/C21H23F3N4O3/c1-11(2)18(29)27-17-16-9-28(20(30)15(16)6-13(4)26-17)8-14-5-12(3)19(25-7-14)31-10-21(22,23)24/h5-7,11H,8-10H2,1-4H3,(H,26,27,29). The van der Waals surface area contributed by atoms with Crippen LogP contribution in [0.5, 0.6) is 5.88 Å². The van der Waals surface area contributed by atoms with Crippen LogP contribution < -0.4 is 10.1 Å². The molecule has 31 heavy (non-hydrogen) atoms. The molecule has 0 saturated carbocycles. The Kier molecular flexibility index (Phi) is 6.19. The minimum absolute atomic E-state index is 0.101. The van der Waals surface area contributed by atoms with E-state index in [2.05, 4.69) is 15.3 Å². The lowest BCUT2D eigenvalue weighted by Gasteiger charge is -2.17. The number of aromatic nitrogens is 2. The van der Waals surface area contributed by atoms with Crippen LogP contribution in [-0.4, -0.2) is 39.5 Å². The average Bonchev–Trinajstić information content (AvgIpc) is 2.96. The van der Waals surface area contributed by atoms with Gasteiger partial charge in [0.25, 0.3) is 5.91 Å². The molecule has 1 N–H and O–H groups in total. The van der Waals surface area contributed by atoms with Gasteiger partial charge in [-0.2, -0.15) is 13.2 Å². The van der Waals surface area contributed by atoms with Crippen molar-refractivity contribution in [2.75, 3.05) is 11.9 Å². The lowest BCUT2D eigenvalue weighted by molar-refractivity contribution is -0.154. The molecule has 166 valence electrons. The maximum Gasteiger partial charge on any atom is 0.422 e. The summed E-state index contributed by atoms with van der Waals surface area (Å²) in [7, 11) is 0. The third kappa shape index (κ3) is 5.31. The highest BCUT2D eigenvalue weighted by Crippen LogP contribution is 2.31. The second kappa shape index (κ2) is 8.52. The Balaban J connectivity index is 1.77. The number of nitrogens with one attached hydrogen (secondary N) is 1. The fraction of sp³-hybridized carbons (Fsp3) is 0.429. The van der Waals surface area contributed by atoms with Crippen LogP contribution in [0.4, 0.5) is 19.0 Å². The van der Waals surface area contributed by atoms with Gasteiger partial charge in [0.05, 0.1) is 12.1 Å². The number of nitrogens with zero attached hydrogens (tertiary/aromatic N) is 3. The summed E-state index contributed by atoms with van der Waals surface area (Å²) in [5.41, 5.74) is 2.81. The zero-order chi connectivity index (χ0) is 22.9. The highest BCUT2D eigenvalue weighted by Gasteiger charge is 2.32. The number of alkyl halides is 3. The Bertz CT molecular complexity index is 1020. The average molecular weight is 436 g/mol. The molecule has 7 nitrogen and oxygen atoms in total. The predicted octanol–water partition coefficient (Wildman–Crippen LogP) is 3.79. The monoisotopic (exact) mass is 436 g/mol. The number of halogens is 3. The fourth-order valence-electron chi connectivity index (χ4n) is 3.20. The molecule has 3 heterocycles. The summed E-state index contributed by atoms with van der Waals surface area (Å²) < 4.78 is 41.8. The molecule has 0 saturated heterocycles. The van der Waals surface area contributed by atoms with E-state index >= 15 is 0 Å². The molecule has 2 aromatic heterocycles. The maximum absolute atomic E-state index is 12.9. The van der Waals surface area contributed by atoms with Gasteiger partial charge in [-0.3, -0.25) is 9.59 Å². The van der Waals surface area contributed by atoms with Gasteiger partial charge in [0.1, 0.15) is 5.82 Å². The molecule has 0 bridgehead atoms. The van der Waals surface area contributed by atoms with Crippen LogP contribution in [0.15, 0.2) is 18.3 Å². The number of hydrogen-bond donors (Lipinski definition) is 1. The number of anilines is 1. The molecule has 1 aliphatic heterocycles. The molecule has 0 radical (unpaired) electrons. The van der Waals surface area contributed by atoms with Crippen molar-refractivity contribution in [3.05, 3.63) is 46.3 Å². The number of carbonyl (C=O) groups excluding carboxylic acids is 2. The van der Waals surface area contributed by atoms with Gasteiger partial charge in [-0.15, -0.1) is 0 Å². The Morgan fingerprint density at radius 2 is 2.00 bits per heavy atom. The summed E-state index contributed by atoms with van der Waals surface area (Å²) in [5.74, 6) is -0.375. The van der Waals surface area contributed by atoms with Crippen molar-refractivity contribution < 1.29 is 27.5 Å². The van der Waals surface area contributed by atoms with Gasteiger partial charge in [-0.05, 0) is 31.5 Å². The van der Waals surface area contributed by atoms with Crippen molar-refractivity contribution >= 4 is 17.6 Å². The van der Waals surface area contributed by atoms with Crippen molar-refractivity contribution in [2.45, 2.75) is 47.0 Å². The van der Waals surface area contributed by atoms with Gasteiger partial charge in [0.2, 0.25) is 11.8 Å². The van der Waals surface area contributed by atoms with Crippen LogP contribution in [0.3, 0.4) is 0 Å². The highest BCUT2D eigenvalue weighted by atomic mass is 19.4. The molecule has 10 heteroatoms. The van der Waals surface area contributed by atoms with E-state index in [-0.39, 0.29) is 36.7 Å². The van der Waals surface area contributed by atoms with Crippen molar-refractivity contribution in [1.29, 1.82) is 0 Å². The summed E-state index contributed by atoms with van der Waals surface area (Å²) in [6.45, 7) is 5.90. The lowest BCUT2D eigenvalue weighted by Crippen LogP contribution is -2.24. The Labute approximate surface area is 177 Å². The smallest absolute Gasteiger partial charge is 0.422 e. The Hall–Kier alpha value is -3.17. The number of aryl methyl sites for hydroxylation is 2. The third-order valence-electron chi connectivity index (χ3n) is 4.72. The van der Waals surface area contributed by atoms with Crippen LogP contribution in [0, 0.1) is 19.8 Å². The molecule has 0 aromatic carbocycles. The van der Waals surface area contributed by atoms with Gasteiger partial charge in [0, 0.05) is 35.5 Å². The van der Waals surface area contributed by atoms with Gasteiger partial charge < -0.3 is 15.0 Å². The normalized spacial score (nSPS) is 13.5. The topological polar surface area (TPSA) is 84.4 Å². The molecule has 0 spiro atoms. The van der Waals surface area contributed by atoms with E-state index in [0.29, 0.717) is 33.8 Å². The van der Waals surface area contributed by atoms with Gasteiger partial charge in [0.15, 0.2) is 6.61 Å². The Morgan fingerprint density at radius 3 is 2.61 bits per heavy atom. The number of ether oxygens (including phenoxy) is 1. The number of hydrogen-bond acceptors (Lipinski definition) is 5.